The fraction of sp³-hybridized carbons (Fsp3) is 0.286. The Balaban J connectivity index is 1.42. The summed E-state index contributed by atoms with van der Waals surface area (Å²) in [6.07, 6.45) is 5.46. The molecule has 0 radical (unpaired) electrons. The Bertz CT molecular complexity index is 911. The van der Waals surface area contributed by atoms with E-state index in [1.807, 2.05) is 54.9 Å². The molecule has 0 amide bonds. The van der Waals surface area contributed by atoms with Gasteiger partial charge in [0.15, 0.2) is 11.6 Å². The van der Waals surface area contributed by atoms with E-state index < -0.39 is 5.82 Å². The molecule has 0 saturated carbocycles. The van der Waals surface area contributed by atoms with Gasteiger partial charge in [-0.2, -0.15) is 4.98 Å². The predicted molar refractivity (Wildman–Crippen MR) is 108 cm³/mol. The third-order valence-electron chi connectivity index (χ3n) is 5.00. The van der Waals surface area contributed by atoms with E-state index in [0.717, 1.165) is 32.5 Å². The number of nitrogens with one attached hydrogen (secondary N) is 1. The number of nitrogen functional groups attached to an aromatic ring is 1. The van der Waals surface area contributed by atoms with Crippen molar-refractivity contribution in [3.8, 4) is 11.3 Å². The average Bonchev–Trinajstić information content (AvgIpc) is 2.73. The second kappa shape index (κ2) is 8.31. The highest BCUT2D eigenvalue weighted by molar-refractivity contribution is 5.65. The lowest BCUT2D eigenvalue weighted by Crippen LogP contribution is -2.39. The number of nitrogens with zero attached hydrogens (tertiary/aromatic N) is 4. The fourth-order valence-corrected chi connectivity index (χ4v) is 3.52. The third-order valence-corrected chi connectivity index (χ3v) is 5.00. The zero-order chi connectivity index (χ0) is 19.3. The summed E-state index contributed by atoms with van der Waals surface area (Å²) in [6, 6.07) is 13.4. The quantitative estimate of drug-likeness (QED) is 0.709. The van der Waals surface area contributed by atoms with E-state index in [1.54, 1.807) is 0 Å². The molecule has 1 fully saturated rings. The van der Waals surface area contributed by atoms with Crippen molar-refractivity contribution in [2.45, 2.75) is 25.4 Å². The van der Waals surface area contributed by atoms with Crippen molar-refractivity contribution in [1.82, 2.24) is 19.9 Å². The highest BCUT2D eigenvalue weighted by Crippen LogP contribution is 2.27. The molecule has 144 valence electrons. The van der Waals surface area contributed by atoms with Crippen molar-refractivity contribution >= 4 is 11.8 Å². The standard InChI is InChI=1S/C21H23FN6/c22-18-19(16-4-2-1-3-5-16)26-21(23)27-20(18)25-17-8-12-28(13-9-17)14-15-6-10-24-11-7-15/h1-7,10-11,17H,8-9,12-14H2,(H3,23,25,26,27). The molecule has 0 bridgehead atoms. The number of likely N-dealkylation sites (tertiary alicyclic amines) is 1. The Labute approximate surface area is 163 Å². The van der Waals surface area contributed by atoms with Crippen LogP contribution in [-0.4, -0.2) is 39.0 Å². The van der Waals surface area contributed by atoms with Crippen molar-refractivity contribution in [2.24, 2.45) is 0 Å². The molecule has 3 aromatic rings. The van der Waals surface area contributed by atoms with Gasteiger partial charge in [0.05, 0.1) is 0 Å². The molecule has 3 heterocycles. The highest BCUT2D eigenvalue weighted by atomic mass is 19.1. The molecule has 0 atom stereocenters. The normalized spacial score (nSPS) is 15.5. The number of pyridine rings is 1. The average molecular weight is 378 g/mol. The second-order valence-corrected chi connectivity index (χ2v) is 7.01. The topological polar surface area (TPSA) is 80.0 Å². The largest absolute Gasteiger partial charge is 0.368 e. The maximum atomic E-state index is 15.0. The zero-order valence-electron chi connectivity index (χ0n) is 15.6. The molecular weight excluding hydrogens is 355 g/mol. The molecule has 1 aromatic carbocycles. The summed E-state index contributed by atoms with van der Waals surface area (Å²) in [7, 11) is 0. The van der Waals surface area contributed by atoms with Gasteiger partial charge in [-0.05, 0) is 30.5 Å². The van der Waals surface area contributed by atoms with Crippen LogP contribution < -0.4 is 11.1 Å². The molecular formula is C21H23FN6. The molecule has 1 saturated heterocycles. The van der Waals surface area contributed by atoms with E-state index in [1.165, 1.54) is 5.56 Å². The Kier molecular flexibility index (Phi) is 5.43. The van der Waals surface area contributed by atoms with Crippen LogP contribution in [0.15, 0.2) is 54.9 Å². The first-order valence-corrected chi connectivity index (χ1v) is 9.45. The molecule has 0 aliphatic carbocycles. The Morgan fingerprint density at radius 2 is 1.75 bits per heavy atom. The minimum atomic E-state index is -0.459. The van der Waals surface area contributed by atoms with Crippen LogP contribution in [0, 0.1) is 5.82 Å². The van der Waals surface area contributed by atoms with Crippen LogP contribution in [0.5, 0.6) is 0 Å². The van der Waals surface area contributed by atoms with Crippen LogP contribution in [-0.2, 0) is 6.54 Å². The molecule has 1 aliphatic heterocycles. The second-order valence-electron chi connectivity index (χ2n) is 7.01. The monoisotopic (exact) mass is 378 g/mol. The summed E-state index contributed by atoms with van der Waals surface area (Å²) in [4.78, 5) is 14.6. The van der Waals surface area contributed by atoms with Crippen LogP contribution in [0.25, 0.3) is 11.3 Å². The number of rotatable bonds is 5. The number of hydrogen-bond acceptors (Lipinski definition) is 6. The molecule has 1 aliphatic rings. The molecule has 2 aromatic heterocycles. The fourth-order valence-electron chi connectivity index (χ4n) is 3.52. The first-order chi connectivity index (χ1) is 13.7. The van der Waals surface area contributed by atoms with Crippen molar-refractivity contribution in [3.05, 3.63) is 66.2 Å². The summed E-state index contributed by atoms with van der Waals surface area (Å²) in [5, 5.41) is 3.24. The van der Waals surface area contributed by atoms with E-state index in [-0.39, 0.29) is 23.5 Å². The molecule has 3 N–H and O–H groups in total. The predicted octanol–water partition coefficient (Wildman–Crippen LogP) is 3.34. The van der Waals surface area contributed by atoms with Crippen LogP contribution in [0.2, 0.25) is 0 Å². The maximum absolute atomic E-state index is 15.0. The molecule has 0 unspecified atom stereocenters. The van der Waals surface area contributed by atoms with Crippen molar-refractivity contribution in [2.75, 3.05) is 24.1 Å². The van der Waals surface area contributed by atoms with Crippen LogP contribution in [0.1, 0.15) is 18.4 Å². The van der Waals surface area contributed by atoms with E-state index in [9.17, 15) is 4.39 Å². The summed E-state index contributed by atoms with van der Waals surface area (Å²) >= 11 is 0. The van der Waals surface area contributed by atoms with Gasteiger partial charge in [0.2, 0.25) is 5.95 Å². The smallest absolute Gasteiger partial charge is 0.222 e. The Morgan fingerprint density at radius 1 is 1.04 bits per heavy atom. The van der Waals surface area contributed by atoms with Crippen molar-refractivity contribution in [1.29, 1.82) is 0 Å². The number of benzene rings is 1. The number of aromatic nitrogens is 3. The van der Waals surface area contributed by atoms with E-state index in [2.05, 4.69) is 25.2 Å². The minimum absolute atomic E-state index is 0.0675. The van der Waals surface area contributed by atoms with Gasteiger partial charge >= 0.3 is 0 Å². The summed E-state index contributed by atoms with van der Waals surface area (Å²) in [5.74, 6) is -0.212. The number of hydrogen-bond donors (Lipinski definition) is 2. The summed E-state index contributed by atoms with van der Waals surface area (Å²) < 4.78 is 15.0. The van der Waals surface area contributed by atoms with Gasteiger partial charge in [-0.25, -0.2) is 9.37 Å². The lowest BCUT2D eigenvalue weighted by atomic mass is 10.0. The highest BCUT2D eigenvalue weighted by Gasteiger charge is 2.22. The SMILES string of the molecule is Nc1nc(NC2CCN(Cc3ccncc3)CC2)c(F)c(-c2ccccc2)n1. The Morgan fingerprint density at radius 3 is 2.46 bits per heavy atom. The molecule has 0 spiro atoms. The van der Waals surface area contributed by atoms with Gasteiger partial charge in [-0.15, -0.1) is 0 Å². The zero-order valence-corrected chi connectivity index (χ0v) is 15.6. The molecule has 6 nitrogen and oxygen atoms in total. The lowest BCUT2D eigenvalue weighted by molar-refractivity contribution is 0.211. The van der Waals surface area contributed by atoms with Crippen molar-refractivity contribution < 1.29 is 4.39 Å². The minimum Gasteiger partial charge on any atom is -0.368 e. The van der Waals surface area contributed by atoms with Crippen LogP contribution in [0.3, 0.4) is 0 Å². The van der Waals surface area contributed by atoms with Gasteiger partial charge in [-0.3, -0.25) is 9.88 Å². The maximum Gasteiger partial charge on any atom is 0.222 e. The van der Waals surface area contributed by atoms with Gasteiger partial charge in [0.1, 0.15) is 5.69 Å². The third kappa shape index (κ3) is 4.26. The van der Waals surface area contributed by atoms with Crippen LogP contribution >= 0.6 is 0 Å². The van der Waals surface area contributed by atoms with E-state index in [0.29, 0.717) is 5.56 Å². The number of halogens is 1. The number of nitrogens with two attached hydrogens (primary N) is 1. The number of piperidine rings is 1. The van der Waals surface area contributed by atoms with Crippen LogP contribution in [0.4, 0.5) is 16.2 Å². The van der Waals surface area contributed by atoms with Gasteiger partial charge in [0.25, 0.3) is 0 Å². The molecule has 7 heteroatoms. The van der Waals surface area contributed by atoms with Gasteiger partial charge in [0, 0.05) is 43.6 Å². The summed E-state index contributed by atoms with van der Waals surface area (Å²) in [6.45, 7) is 2.78. The summed E-state index contributed by atoms with van der Waals surface area (Å²) in [5.41, 5.74) is 8.00. The Hall–Kier alpha value is -3.06. The van der Waals surface area contributed by atoms with E-state index >= 15 is 0 Å². The first kappa shape index (κ1) is 18.3. The van der Waals surface area contributed by atoms with Gasteiger partial charge < -0.3 is 11.1 Å². The first-order valence-electron chi connectivity index (χ1n) is 9.45. The number of anilines is 2. The van der Waals surface area contributed by atoms with Crippen molar-refractivity contribution in [3.63, 3.8) is 0 Å². The lowest BCUT2D eigenvalue weighted by Gasteiger charge is -2.32. The molecule has 4 rings (SSSR count). The van der Waals surface area contributed by atoms with E-state index in [4.69, 9.17) is 5.73 Å². The van der Waals surface area contributed by atoms with Gasteiger partial charge in [-0.1, -0.05) is 30.3 Å². The molecule has 28 heavy (non-hydrogen) atoms.